The summed E-state index contributed by atoms with van der Waals surface area (Å²) in [5, 5.41) is 13.3. The summed E-state index contributed by atoms with van der Waals surface area (Å²) in [6.07, 6.45) is 3.65. The molecule has 0 saturated heterocycles. The van der Waals surface area contributed by atoms with Crippen molar-refractivity contribution in [3.05, 3.63) is 28.6 Å². The second-order valence-electron chi connectivity index (χ2n) is 5.76. The van der Waals surface area contributed by atoms with Crippen molar-refractivity contribution in [2.45, 2.75) is 31.8 Å². The molecule has 6 nitrogen and oxygen atoms in total. The first kappa shape index (κ1) is 13.9. The van der Waals surface area contributed by atoms with Crippen LogP contribution in [-0.2, 0) is 0 Å². The number of nitrogens with zero attached hydrogens (tertiary/aromatic N) is 1. The summed E-state index contributed by atoms with van der Waals surface area (Å²) in [6, 6.07) is 5.11. The quantitative estimate of drug-likeness (QED) is 0.640. The van der Waals surface area contributed by atoms with Crippen LogP contribution in [0.15, 0.2) is 23.0 Å². The summed E-state index contributed by atoms with van der Waals surface area (Å²) < 4.78 is 0. The Morgan fingerprint density at radius 3 is 3.10 bits per heavy atom. The van der Waals surface area contributed by atoms with E-state index in [1.165, 1.54) is 0 Å². The monoisotopic (exact) mass is 288 g/mol. The van der Waals surface area contributed by atoms with Gasteiger partial charge in [0.05, 0.1) is 17.0 Å². The number of aliphatic hydroxyl groups is 1. The van der Waals surface area contributed by atoms with Crippen LogP contribution in [0, 0.1) is 5.92 Å². The molecule has 2 aromatic rings. The second kappa shape index (κ2) is 5.73. The fourth-order valence-electron chi connectivity index (χ4n) is 2.93. The second-order valence-corrected chi connectivity index (χ2v) is 5.76. The van der Waals surface area contributed by atoms with Gasteiger partial charge in [0.1, 0.15) is 0 Å². The molecule has 0 bridgehead atoms. The summed E-state index contributed by atoms with van der Waals surface area (Å²) >= 11 is 0. The van der Waals surface area contributed by atoms with Gasteiger partial charge in [-0.25, -0.2) is 4.98 Å². The Morgan fingerprint density at radius 1 is 1.43 bits per heavy atom. The number of aromatic amines is 1. The number of benzene rings is 1. The lowest BCUT2D eigenvalue weighted by Gasteiger charge is -2.25. The van der Waals surface area contributed by atoms with E-state index in [0.29, 0.717) is 35.0 Å². The highest BCUT2D eigenvalue weighted by molar-refractivity contribution is 5.81. The molecule has 1 saturated carbocycles. The number of H-pyrrole nitrogens is 1. The Morgan fingerprint density at radius 2 is 2.29 bits per heavy atom. The van der Waals surface area contributed by atoms with E-state index in [1.54, 1.807) is 18.2 Å². The average molecular weight is 288 g/mol. The van der Waals surface area contributed by atoms with Gasteiger partial charge in [0.15, 0.2) is 0 Å². The molecule has 1 fully saturated rings. The number of aromatic nitrogens is 2. The Balaban J connectivity index is 1.75. The Bertz CT molecular complexity index is 698. The molecule has 2 unspecified atom stereocenters. The zero-order valence-electron chi connectivity index (χ0n) is 11.8. The van der Waals surface area contributed by atoms with E-state index in [2.05, 4.69) is 15.3 Å². The summed E-state index contributed by atoms with van der Waals surface area (Å²) in [7, 11) is 0. The first-order valence-corrected chi connectivity index (χ1v) is 7.33. The Kier molecular flexibility index (Phi) is 3.79. The molecule has 0 aliphatic heterocycles. The van der Waals surface area contributed by atoms with E-state index in [1.807, 2.05) is 0 Å². The maximum Gasteiger partial charge on any atom is 0.260 e. The van der Waals surface area contributed by atoms with E-state index in [9.17, 15) is 9.90 Å². The average Bonchev–Trinajstić information content (AvgIpc) is 2.46. The van der Waals surface area contributed by atoms with Gasteiger partial charge in [-0.05, 0) is 43.4 Å². The lowest BCUT2D eigenvalue weighted by Crippen LogP contribution is -2.26. The third kappa shape index (κ3) is 3.16. The minimum Gasteiger partial charge on any atom is -0.399 e. The fraction of sp³-hybridized carbons (Fsp3) is 0.467. The van der Waals surface area contributed by atoms with Gasteiger partial charge in [-0.2, -0.15) is 0 Å². The van der Waals surface area contributed by atoms with Crippen LogP contribution < -0.4 is 16.6 Å². The maximum atomic E-state index is 12.0. The standard InChI is InChI=1S/C15H20N4O2/c16-10-4-5-13-12(7-10)14(21)19-15(18-13)17-8-9-2-1-3-11(20)6-9/h4-5,7,9,11,20H,1-3,6,8,16H2,(H2,17,18,19,21). The normalized spacial score (nSPS) is 22.3. The van der Waals surface area contributed by atoms with Crippen molar-refractivity contribution in [3.8, 4) is 0 Å². The molecule has 21 heavy (non-hydrogen) atoms. The SMILES string of the molecule is Nc1ccc2nc(NCC3CCCC(O)C3)[nH]c(=O)c2c1. The van der Waals surface area contributed by atoms with E-state index < -0.39 is 0 Å². The number of nitrogens with one attached hydrogen (secondary N) is 2. The van der Waals surface area contributed by atoms with Gasteiger partial charge >= 0.3 is 0 Å². The molecule has 1 aliphatic rings. The predicted octanol–water partition coefficient (Wildman–Crippen LogP) is 1.47. The molecule has 1 aliphatic carbocycles. The number of anilines is 2. The third-order valence-corrected chi connectivity index (χ3v) is 4.04. The van der Waals surface area contributed by atoms with Gasteiger partial charge in [-0.15, -0.1) is 0 Å². The molecular weight excluding hydrogens is 268 g/mol. The molecule has 1 aromatic carbocycles. The highest BCUT2D eigenvalue weighted by Crippen LogP contribution is 2.24. The zero-order valence-corrected chi connectivity index (χ0v) is 11.8. The van der Waals surface area contributed by atoms with Crippen LogP contribution in [0.2, 0.25) is 0 Å². The highest BCUT2D eigenvalue weighted by Gasteiger charge is 2.20. The maximum absolute atomic E-state index is 12.0. The molecule has 0 radical (unpaired) electrons. The van der Waals surface area contributed by atoms with Crippen LogP contribution in [0.25, 0.3) is 10.9 Å². The van der Waals surface area contributed by atoms with Crippen LogP contribution >= 0.6 is 0 Å². The lowest BCUT2D eigenvalue weighted by molar-refractivity contribution is 0.104. The molecule has 0 amide bonds. The van der Waals surface area contributed by atoms with Crippen molar-refractivity contribution in [2.75, 3.05) is 17.6 Å². The van der Waals surface area contributed by atoms with E-state index in [0.717, 1.165) is 25.7 Å². The highest BCUT2D eigenvalue weighted by atomic mass is 16.3. The van der Waals surface area contributed by atoms with Gasteiger partial charge < -0.3 is 16.2 Å². The predicted molar refractivity (Wildman–Crippen MR) is 83.2 cm³/mol. The molecule has 1 heterocycles. The number of nitrogens with two attached hydrogens (primary N) is 1. The summed E-state index contributed by atoms with van der Waals surface area (Å²) in [6.45, 7) is 0.709. The Hall–Kier alpha value is -2.08. The number of hydrogen-bond donors (Lipinski definition) is 4. The van der Waals surface area contributed by atoms with Gasteiger partial charge in [0, 0.05) is 12.2 Å². The molecule has 0 spiro atoms. The summed E-state index contributed by atoms with van der Waals surface area (Å²) in [4.78, 5) is 19.2. The van der Waals surface area contributed by atoms with Crippen molar-refractivity contribution in [3.63, 3.8) is 0 Å². The first-order chi connectivity index (χ1) is 10.1. The van der Waals surface area contributed by atoms with Crippen LogP contribution in [0.5, 0.6) is 0 Å². The number of rotatable bonds is 3. The molecule has 6 heteroatoms. The van der Waals surface area contributed by atoms with E-state index in [4.69, 9.17) is 5.73 Å². The van der Waals surface area contributed by atoms with Crippen molar-refractivity contribution in [2.24, 2.45) is 5.92 Å². The smallest absolute Gasteiger partial charge is 0.260 e. The van der Waals surface area contributed by atoms with Crippen molar-refractivity contribution in [1.82, 2.24) is 9.97 Å². The van der Waals surface area contributed by atoms with Crippen LogP contribution in [0.4, 0.5) is 11.6 Å². The van der Waals surface area contributed by atoms with E-state index >= 15 is 0 Å². The van der Waals surface area contributed by atoms with E-state index in [-0.39, 0.29) is 11.7 Å². The van der Waals surface area contributed by atoms with Crippen molar-refractivity contribution < 1.29 is 5.11 Å². The molecule has 112 valence electrons. The topological polar surface area (TPSA) is 104 Å². The molecular formula is C15H20N4O2. The Labute approximate surface area is 122 Å². The number of nitrogen functional groups attached to an aromatic ring is 1. The van der Waals surface area contributed by atoms with Crippen LogP contribution in [0.1, 0.15) is 25.7 Å². The van der Waals surface area contributed by atoms with Crippen LogP contribution in [0.3, 0.4) is 0 Å². The zero-order chi connectivity index (χ0) is 14.8. The minimum atomic E-state index is -0.197. The number of fused-ring (bicyclic) bond motifs is 1. The summed E-state index contributed by atoms with van der Waals surface area (Å²) in [5.41, 5.74) is 6.66. The molecule has 5 N–H and O–H groups in total. The number of aliphatic hydroxyl groups excluding tert-OH is 1. The third-order valence-electron chi connectivity index (χ3n) is 4.04. The largest absolute Gasteiger partial charge is 0.399 e. The first-order valence-electron chi connectivity index (χ1n) is 7.33. The summed E-state index contributed by atoms with van der Waals surface area (Å²) in [5.74, 6) is 0.888. The molecule has 1 aromatic heterocycles. The molecule has 3 rings (SSSR count). The fourth-order valence-corrected chi connectivity index (χ4v) is 2.93. The number of hydrogen-bond acceptors (Lipinski definition) is 5. The van der Waals surface area contributed by atoms with Gasteiger partial charge in [0.2, 0.25) is 5.95 Å². The van der Waals surface area contributed by atoms with Gasteiger partial charge in [-0.1, -0.05) is 6.42 Å². The van der Waals surface area contributed by atoms with Crippen molar-refractivity contribution in [1.29, 1.82) is 0 Å². The van der Waals surface area contributed by atoms with Crippen molar-refractivity contribution >= 4 is 22.5 Å². The van der Waals surface area contributed by atoms with Gasteiger partial charge in [0.25, 0.3) is 5.56 Å². The minimum absolute atomic E-state index is 0.196. The lowest BCUT2D eigenvalue weighted by atomic mass is 9.87. The molecule has 2 atom stereocenters. The van der Waals surface area contributed by atoms with Gasteiger partial charge in [-0.3, -0.25) is 9.78 Å². The van der Waals surface area contributed by atoms with Crippen LogP contribution in [-0.4, -0.2) is 27.7 Å².